The van der Waals surface area contributed by atoms with Gasteiger partial charge in [0.05, 0.1) is 11.4 Å². The highest BCUT2D eigenvalue weighted by Crippen LogP contribution is 2.21. The number of nitrogens with two attached hydrogens (primary N) is 1. The molecule has 7 nitrogen and oxygen atoms in total. The van der Waals surface area contributed by atoms with Crippen LogP contribution in [0.15, 0.2) is 29.2 Å². The van der Waals surface area contributed by atoms with Crippen LogP contribution in [0, 0.1) is 0 Å². The molecular weight excluding hydrogens is 312 g/mol. The van der Waals surface area contributed by atoms with Crippen LogP contribution in [-0.2, 0) is 16.4 Å². The molecule has 0 unspecified atom stereocenters. The van der Waals surface area contributed by atoms with Gasteiger partial charge in [-0.05, 0) is 30.1 Å². The van der Waals surface area contributed by atoms with Crippen LogP contribution >= 0.6 is 11.5 Å². The smallest absolute Gasteiger partial charge is 0.269 e. The largest absolute Gasteiger partial charge is 0.320 e. The molecule has 0 spiro atoms. The molecule has 0 radical (unpaired) electrons. The van der Waals surface area contributed by atoms with E-state index in [1.165, 1.54) is 18.2 Å². The summed E-state index contributed by atoms with van der Waals surface area (Å²) in [5.41, 5.74) is 0.744. The zero-order valence-electron chi connectivity index (χ0n) is 11.2. The molecule has 21 heavy (non-hydrogen) atoms. The van der Waals surface area contributed by atoms with Crippen molar-refractivity contribution >= 4 is 33.2 Å². The van der Waals surface area contributed by atoms with E-state index in [9.17, 15) is 13.2 Å². The number of nitrogens with zero attached hydrogens (tertiary/aromatic N) is 2. The van der Waals surface area contributed by atoms with E-state index in [-0.39, 0.29) is 10.6 Å². The Balaban J connectivity index is 2.30. The van der Waals surface area contributed by atoms with Crippen LogP contribution in [0.5, 0.6) is 0 Å². The first-order chi connectivity index (χ1) is 9.93. The highest BCUT2D eigenvalue weighted by atomic mass is 32.2. The van der Waals surface area contributed by atoms with Crippen LogP contribution in [0.1, 0.15) is 28.7 Å². The second-order valence-corrected chi connectivity index (χ2v) is 6.58. The fraction of sp³-hybridized carbons (Fsp3) is 0.250. The standard InChI is InChI=1S/C12H14N4O3S2/c1-2-5-9-11(20-16-15-9)12(17)14-8-6-3-4-7-10(8)21(13,18)19/h3-4,6-7H,2,5H2,1H3,(H,14,17)(H2,13,18,19). The molecule has 3 N–H and O–H groups in total. The van der Waals surface area contributed by atoms with Crippen LogP contribution in [0.2, 0.25) is 0 Å². The van der Waals surface area contributed by atoms with Crippen molar-refractivity contribution in [3.63, 3.8) is 0 Å². The Bertz CT molecular complexity index is 755. The van der Waals surface area contributed by atoms with Crippen LogP contribution in [0.25, 0.3) is 0 Å². The number of carbonyl (C=O) groups is 1. The predicted octanol–water partition coefficient (Wildman–Crippen LogP) is 1.39. The molecule has 0 bridgehead atoms. The quantitative estimate of drug-likeness (QED) is 0.861. The molecule has 0 aliphatic rings. The Hall–Kier alpha value is -1.84. The zero-order valence-corrected chi connectivity index (χ0v) is 12.9. The predicted molar refractivity (Wildman–Crippen MR) is 79.7 cm³/mol. The molecule has 1 aromatic heterocycles. The van der Waals surface area contributed by atoms with Gasteiger partial charge in [-0.25, -0.2) is 13.6 Å². The molecule has 2 rings (SSSR count). The van der Waals surface area contributed by atoms with Gasteiger partial charge in [-0.15, -0.1) is 5.10 Å². The number of sulfonamides is 1. The average Bonchev–Trinajstić information content (AvgIpc) is 2.87. The Morgan fingerprint density at radius 3 is 2.76 bits per heavy atom. The maximum absolute atomic E-state index is 12.2. The number of anilines is 1. The van der Waals surface area contributed by atoms with Gasteiger partial charge in [0.2, 0.25) is 10.0 Å². The normalized spacial score (nSPS) is 11.3. The van der Waals surface area contributed by atoms with E-state index >= 15 is 0 Å². The van der Waals surface area contributed by atoms with Gasteiger partial charge in [0.15, 0.2) is 0 Å². The molecule has 0 aliphatic carbocycles. The molecule has 0 fully saturated rings. The summed E-state index contributed by atoms with van der Waals surface area (Å²) in [4.78, 5) is 12.5. The fourth-order valence-corrected chi connectivity index (χ4v) is 3.08. The first-order valence-electron chi connectivity index (χ1n) is 6.18. The van der Waals surface area contributed by atoms with Gasteiger partial charge in [0, 0.05) is 0 Å². The van der Waals surface area contributed by atoms with E-state index in [1.54, 1.807) is 6.07 Å². The Labute approximate surface area is 126 Å². The van der Waals surface area contributed by atoms with Crippen molar-refractivity contribution in [3.05, 3.63) is 34.8 Å². The zero-order chi connectivity index (χ0) is 15.5. The fourth-order valence-electron chi connectivity index (χ4n) is 1.78. The minimum absolute atomic E-state index is 0.132. The third-order valence-corrected chi connectivity index (χ3v) is 4.43. The first-order valence-corrected chi connectivity index (χ1v) is 8.50. The molecule has 1 amide bonds. The van der Waals surface area contributed by atoms with Crippen LogP contribution in [-0.4, -0.2) is 23.9 Å². The third-order valence-electron chi connectivity index (χ3n) is 2.69. The van der Waals surface area contributed by atoms with Gasteiger partial charge in [0.1, 0.15) is 9.77 Å². The SMILES string of the molecule is CCCc1nnsc1C(=O)Nc1ccccc1S(N)(=O)=O. The lowest BCUT2D eigenvalue weighted by Crippen LogP contribution is -2.18. The molecule has 9 heteroatoms. The number of nitrogens with one attached hydrogen (secondary N) is 1. The number of hydrogen-bond acceptors (Lipinski definition) is 6. The summed E-state index contributed by atoms with van der Waals surface area (Å²) >= 11 is 0.976. The summed E-state index contributed by atoms with van der Waals surface area (Å²) < 4.78 is 26.8. The first kappa shape index (κ1) is 15.5. The lowest BCUT2D eigenvalue weighted by Gasteiger charge is -2.08. The molecular formula is C12H14N4O3S2. The van der Waals surface area contributed by atoms with Gasteiger partial charge in [0.25, 0.3) is 5.91 Å². The molecule has 0 saturated heterocycles. The Morgan fingerprint density at radius 1 is 1.38 bits per heavy atom. The van der Waals surface area contributed by atoms with Crippen molar-refractivity contribution in [3.8, 4) is 0 Å². The van der Waals surface area contributed by atoms with E-state index in [2.05, 4.69) is 14.9 Å². The Morgan fingerprint density at radius 2 is 2.10 bits per heavy atom. The topological polar surface area (TPSA) is 115 Å². The lowest BCUT2D eigenvalue weighted by molar-refractivity contribution is 0.102. The van der Waals surface area contributed by atoms with E-state index < -0.39 is 15.9 Å². The number of benzene rings is 1. The number of aryl methyl sites for hydroxylation is 1. The molecule has 0 saturated carbocycles. The summed E-state index contributed by atoms with van der Waals surface area (Å²) in [6.07, 6.45) is 1.47. The highest BCUT2D eigenvalue weighted by molar-refractivity contribution is 7.89. The van der Waals surface area contributed by atoms with Gasteiger partial charge >= 0.3 is 0 Å². The molecule has 1 aromatic carbocycles. The van der Waals surface area contributed by atoms with Crippen LogP contribution < -0.4 is 10.5 Å². The van der Waals surface area contributed by atoms with Gasteiger partial charge in [-0.3, -0.25) is 4.79 Å². The van der Waals surface area contributed by atoms with E-state index in [0.29, 0.717) is 17.0 Å². The van der Waals surface area contributed by atoms with Crippen molar-refractivity contribution in [1.29, 1.82) is 0 Å². The van der Waals surface area contributed by atoms with Crippen molar-refractivity contribution in [2.24, 2.45) is 5.14 Å². The highest BCUT2D eigenvalue weighted by Gasteiger charge is 2.19. The van der Waals surface area contributed by atoms with E-state index in [4.69, 9.17) is 5.14 Å². The lowest BCUT2D eigenvalue weighted by atomic mass is 10.2. The van der Waals surface area contributed by atoms with Crippen molar-refractivity contribution in [1.82, 2.24) is 9.59 Å². The van der Waals surface area contributed by atoms with Crippen molar-refractivity contribution in [2.75, 3.05) is 5.32 Å². The van der Waals surface area contributed by atoms with Gasteiger partial charge in [-0.2, -0.15) is 0 Å². The van der Waals surface area contributed by atoms with Crippen LogP contribution in [0.3, 0.4) is 0 Å². The second-order valence-electron chi connectivity index (χ2n) is 4.29. The molecule has 112 valence electrons. The number of aromatic nitrogens is 2. The summed E-state index contributed by atoms with van der Waals surface area (Å²) in [6.45, 7) is 1.97. The number of rotatable bonds is 5. The minimum atomic E-state index is -3.91. The summed E-state index contributed by atoms with van der Waals surface area (Å²) in [5, 5.41) is 11.6. The Kier molecular flexibility index (Phi) is 4.66. The molecule has 2 aromatic rings. The number of para-hydroxylation sites is 1. The van der Waals surface area contributed by atoms with Crippen molar-refractivity contribution in [2.45, 2.75) is 24.7 Å². The van der Waals surface area contributed by atoms with E-state index in [1.807, 2.05) is 6.92 Å². The summed E-state index contributed by atoms with van der Waals surface area (Å²) in [7, 11) is -3.91. The summed E-state index contributed by atoms with van der Waals surface area (Å²) in [6, 6.07) is 5.96. The molecule has 1 heterocycles. The number of primary sulfonamides is 1. The van der Waals surface area contributed by atoms with Gasteiger partial charge in [-0.1, -0.05) is 30.0 Å². The minimum Gasteiger partial charge on any atom is -0.320 e. The van der Waals surface area contributed by atoms with Gasteiger partial charge < -0.3 is 5.32 Å². The molecule has 0 atom stereocenters. The maximum atomic E-state index is 12.2. The van der Waals surface area contributed by atoms with E-state index in [0.717, 1.165) is 18.0 Å². The monoisotopic (exact) mass is 326 g/mol. The number of hydrogen-bond donors (Lipinski definition) is 2. The molecule has 0 aliphatic heterocycles. The van der Waals surface area contributed by atoms with Crippen molar-refractivity contribution < 1.29 is 13.2 Å². The third kappa shape index (κ3) is 3.63. The number of amides is 1. The van der Waals surface area contributed by atoms with Crippen LogP contribution in [0.4, 0.5) is 5.69 Å². The number of carbonyl (C=O) groups excluding carboxylic acids is 1. The second kappa shape index (κ2) is 6.29. The summed E-state index contributed by atoms with van der Waals surface area (Å²) in [5.74, 6) is -0.440. The maximum Gasteiger partial charge on any atom is 0.269 e. The average molecular weight is 326 g/mol.